The lowest BCUT2D eigenvalue weighted by Crippen LogP contribution is -2.41. The Morgan fingerprint density at radius 2 is 1.50 bits per heavy atom. The Hall–Kier alpha value is -2.83. The smallest absolute Gasteiger partial charge is 0.317 e. The van der Waals surface area contributed by atoms with Crippen LogP contribution in [0, 0.1) is 11.8 Å². The first-order valence-corrected chi connectivity index (χ1v) is 9.16. The lowest BCUT2D eigenvalue weighted by molar-refractivity contribution is -0.155. The number of rotatable bonds is 7. The molecule has 0 fully saturated rings. The summed E-state index contributed by atoms with van der Waals surface area (Å²) < 4.78 is 21.0. The number of ketones is 1. The van der Waals surface area contributed by atoms with E-state index in [4.69, 9.17) is 18.9 Å². The Morgan fingerprint density at radius 1 is 0.929 bits per heavy atom. The number of esters is 2. The molecule has 0 aliphatic heterocycles. The monoisotopic (exact) mass is 390 g/mol. The van der Waals surface area contributed by atoms with Gasteiger partial charge in [-0.3, -0.25) is 14.4 Å². The van der Waals surface area contributed by atoms with E-state index in [0.717, 1.165) is 0 Å². The molecular formula is C21H26O7. The van der Waals surface area contributed by atoms with Crippen molar-refractivity contribution in [2.24, 2.45) is 11.8 Å². The van der Waals surface area contributed by atoms with E-state index in [1.807, 2.05) is 0 Å². The first-order chi connectivity index (χ1) is 13.4. The highest BCUT2D eigenvalue weighted by Gasteiger charge is 2.47. The van der Waals surface area contributed by atoms with Gasteiger partial charge in [0.25, 0.3) is 0 Å². The van der Waals surface area contributed by atoms with Gasteiger partial charge in [-0.2, -0.15) is 0 Å². The average Bonchev–Trinajstić information content (AvgIpc) is 2.66. The second-order valence-corrected chi connectivity index (χ2v) is 6.39. The van der Waals surface area contributed by atoms with Crippen LogP contribution < -0.4 is 9.47 Å². The van der Waals surface area contributed by atoms with E-state index in [2.05, 4.69) is 0 Å². The molecule has 0 aromatic heterocycles. The first-order valence-electron chi connectivity index (χ1n) is 9.16. The van der Waals surface area contributed by atoms with E-state index in [9.17, 15) is 14.4 Å². The maximum atomic E-state index is 12.7. The Morgan fingerprint density at radius 3 is 2.04 bits per heavy atom. The minimum absolute atomic E-state index is 0.133. The molecule has 1 aliphatic rings. The van der Waals surface area contributed by atoms with Gasteiger partial charge in [0.1, 0.15) is 5.92 Å². The van der Waals surface area contributed by atoms with Crippen molar-refractivity contribution in [1.82, 2.24) is 0 Å². The molecule has 3 unspecified atom stereocenters. The van der Waals surface area contributed by atoms with Gasteiger partial charge >= 0.3 is 11.9 Å². The van der Waals surface area contributed by atoms with Crippen molar-refractivity contribution < 1.29 is 33.3 Å². The van der Waals surface area contributed by atoms with Crippen molar-refractivity contribution in [2.75, 3.05) is 27.4 Å². The van der Waals surface area contributed by atoms with E-state index in [-0.39, 0.29) is 13.2 Å². The molecule has 0 saturated carbocycles. The zero-order chi connectivity index (χ0) is 20.8. The normalized spacial score (nSPS) is 21.5. The predicted molar refractivity (Wildman–Crippen MR) is 101 cm³/mol. The minimum Gasteiger partial charge on any atom is -0.493 e. The van der Waals surface area contributed by atoms with Crippen LogP contribution in [-0.4, -0.2) is 45.2 Å². The van der Waals surface area contributed by atoms with Crippen molar-refractivity contribution >= 4 is 17.7 Å². The number of methoxy groups -OCH3 is 2. The molecule has 0 saturated heterocycles. The summed E-state index contributed by atoms with van der Waals surface area (Å²) >= 11 is 0. The third-order valence-electron chi connectivity index (χ3n) is 4.76. The number of hydrogen-bond acceptors (Lipinski definition) is 7. The molecule has 1 aromatic rings. The molecule has 7 heteroatoms. The fourth-order valence-corrected chi connectivity index (χ4v) is 3.56. The van der Waals surface area contributed by atoms with Crippen LogP contribution in [-0.2, 0) is 23.9 Å². The number of allylic oxidation sites excluding steroid dienone is 1. The van der Waals surface area contributed by atoms with E-state index in [1.165, 1.54) is 20.3 Å². The van der Waals surface area contributed by atoms with Crippen molar-refractivity contribution in [3.05, 3.63) is 35.4 Å². The highest BCUT2D eigenvalue weighted by Crippen LogP contribution is 2.44. The van der Waals surface area contributed by atoms with Crippen molar-refractivity contribution in [3.8, 4) is 11.5 Å². The Bertz CT molecular complexity index is 781. The van der Waals surface area contributed by atoms with E-state index >= 15 is 0 Å². The van der Waals surface area contributed by atoms with Gasteiger partial charge in [-0.1, -0.05) is 11.6 Å². The van der Waals surface area contributed by atoms with Crippen LogP contribution in [0.3, 0.4) is 0 Å². The Labute approximate surface area is 164 Å². The van der Waals surface area contributed by atoms with Gasteiger partial charge in [-0.25, -0.2) is 0 Å². The van der Waals surface area contributed by atoms with Crippen LogP contribution in [0.5, 0.6) is 11.5 Å². The number of carbonyl (C=O) groups is 3. The van der Waals surface area contributed by atoms with E-state index in [0.29, 0.717) is 22.6 Å². The molecule has 0 radical (unpaired) electrons. The van der Waals surface area contributed by atoms with Gasteiger partial charge in [0.05, 0.1) is 33.4 Å². The fraction of sp³-hybridized carbons (Fsp3) is 0.476. The molecule has 28 heavy (non-hydrogen) atoms. The van der Waals surface area contributed by atoms with Crippen molar-refractivity contribution in [1.29, 1.82) is 0 Å². The fourth-order valence-electron chi connectivity index (χ4n) is 3.56. The van der Waals surface area contributed by atoms with Gasteiger partial charge < -0.3 is 18.9 Å². The summed E-state index contributed by atoms with van der Waals surface area (Å²) in [7, 11) is 3.00. The molecule has 1 aliphatic carbocycles. The average molecular weight is 390 g/mol. The van der Waals surface area contributed by atoms with Crippen LogP contribution in [0.2, 0.25) is 0 Å². The number of hydrogen-bond donors (Lipinski definition) is 0. The van der Waals surface area contributed by atoms with Gasteiger partial charge in [0, 0.05) is 5.92 Å². The lowest BCUT2D eigenvalue weighted by atomic mass is 9.68. The molecule has 0 N–H and O–H groups in total. The Balaban J connectivity index is 2.64. The Kier molecular flexibility index (Phi) is 7.20. The zero-order valence-electron chi connectivity index (χ0n) is 16.8. The summed E-state index contributed by atoms with van der Waals surface area (Å²) in [4.78, 5) is 38.1. The summed E-state index contributed by atoms with van der Waals surface area (Å²) in [5.41, 5.74) is 1.14. The summed E-state index contributed by atoms with van der Waals surface area (Å²) in [6, 6.07) is 5.07. The van der Waals surface area contributed by atoms with Crippen molar-refractivity contribution in [2.45, 2.75) is 26.7 Å². The molecule has 152 valence electrons. The molecule has 0 heterocycles. The molecule has 2 rings (SSSR count). The maximum Gasteiger partial charge on any atom is 0.317 e. The summed E-state index contributed by atoms with van der Waals surface area (Å²) in [6.45, 7) is 5.39. The van der Waals surface area contributed by atoms with Crippen LogP contribution in [0.15, 0.2) is 29.8 Å². The minimum atomic E-state index is -1.14. The first kappa shape index (κ1) is 21.5. The highest BCUT2D eigenvalue weighted by atomic mass is 16.5. The van der Waals surface area contributed by atoms with Crippen LogP contribution in [0.25, 0.3) is 0 Å². The molecule has 3 atom stereocenters. The lowest BCUT2D eigenvalue weighted by Gasteiger charge is -2.34. The topological polar surface area (TPSA) is 88.1 Å². The largest absolute Gasteiger partial charge is 0.493 e. The maximum absolute atomic E-state index is 12.7. The highest BCUT2D eigenvalue weighted by molar-refractivity contribution is 6.08. The van der Waals surface area contributed by atoms with Crippen LogP contribution >= 0.6 is 0 Å². The summed E-state index contributed by atoms with van der Waals surface area (Å²) in [5.74, 6) is -3.30. The second-order valence-electron chi connectivity index (χ2n) is 6.39. The summed E-state index contributed by atoms with van der Waals surface area (Å²) in [5, 5.41) is 0. The standard InChI is InChI=1S/C21H26O7/c1-6-27-20(23)17-12(3)10-14(22)19(21(24)28-7-2)18(17)13-8-9-15(25-4)16(11-13)26-5/h8-11,17-19H,6-7H2,1-5H3. The molecule has 0 amide bonds. The molecular weight excluding hydrogens is 364 g/mol. The second kappa shape index (κ2) is 9.39. The van der Waals surface area contributed by atoms with Gasteiger partial charge in [-0.15, -0.1) is 0 Å². The zero-order valence-corrected chi connectivity index (χ0v) is 16.8. The number of benzene rings is 1. The van der Waals surface area contributed by atoms with Gasteiger partial charge in [0.15, 0.2) is 17.3 Å². The number of ether oxygens (including phenoxy) is 4. The van der Waals surface area contributed by atoms with Gasteiger partial charge in [0.2, 0.25) is 0 Å². The molecule has 7 nitrogen and oxygen atoms in total. The van der Waals surface area contributed by atoms with E-state index < -0.39 is 35.5 Å². The van der Waals surface area contributed by atoms with Crippen LogP contribution in [0.4, 0.5) is 0 Å². The SMILES string of the molecule is CCOC(=O)C1C(=O)C=C(C)C(C(=O)OCC)C1c1ccc(OC)c(OC)c1. The molecule has 0 bridgehead atoms. The quantitative estimate of drug-likeness (QED) is 0.522. The third-order valence-corrected chi connectivity index (χ3v) is 4.76. The van der Waals surface area contributed by atoms with Crippen molar-refractivity contribution in [3.63, 3.8) is 0 Å². The predicted octanol–water partition coefficient (Wildman–Crippen LogP) is 2.68. The molecule has 1 aromatic carbocycles. The third kappa shape index (κ3) is 4.18. The van der Waals surface area contributed by atoms with Gasteiger partial charge in [-0.05, 0) is 44.5 Å². The van der Waals surface area contributed by atoms with Crippen LogP contribution in [0.1, 0.15) is 32.3 Å². The molecule has 0 spiro atoms. The summed E-state index contributed by atoms with van der Waals surface area (Å²) in [6.07, 6.45) is 1.33. The number of carbonyl (C=O) groups excluding carboxylic acids is 3. The van der Waals surface area contributed by atoms with E-state index in [1.54, 1.807) is 39.0 Å².